The van der Waals surface area contributed by atoms with Gasteiger partial charge in [0.15, 0.2) is 0 Å². The number of hydrogen-bond donors (Lipinski definition) is 3. The van der Waals surface area contributed by atoms with Gasteiger partial charge in [0.2, 0.25) is 0 Å². The van der Waals surface area contributed by atoms with Crippen molar-refractivity contribution in [2.75, 3.05) is 5.32 Å². The van der Waals surface area contributed by atoms with Gasteiger partial charge in [0.25, 0.3) is 5.69 Å². The minimum Gasteiger partial charge on any atom is -0.392 e. The third-order valence-corrected chi connectivity index (χ3v) is 3.86. The zero-order valence-corrected chi connectivity index (χ0v) is 11.3. The molecule has 0 radical (unpaired) electrons. The first kappa shape index (κ1) is 14.3. The number of anilines is 1. The van der Waals surface area contributed by atoms with Gasteiger partial charge >= 0.3 is 6.03 Å². The Morgan fingerprint density at radius 3 is 2.45 bits per heavy atom. The van der Waals surface area contributed by atoms with Gasteiger partial charge in [0.1, 0.15) is 0 Å². The van der Waals surface area contributed by atoms with Gasteiger partial charge in [0.05, 0.1) is 11.0 Å². The van der Waals surface area contributed by atoms with Gasteiger partial charge in [0, 0.05) is 29.3 Å². The van der Waals surface area contributed by atoms with E-state index in [4.69, 9.17) is 0 Å². The summed E-state index contributed by atoms with van der Waals surface area (Å²) >= 11 is 0. The number of nitro benzene ring substituents is 1. The number of nitrogens with one attached hydrogen (secondary N) is 2. The Morgan fingerprint density at radius 2 is 2.00 bits per heavy atom. The topological polar surface area (TPSA) is 104 Å². The quantitative estimate of drug-likeness (QED) is 0.580. The molecule has 2 rings (SSSR count). The Hall–Kier alpha value is -2.15. The fraction of sp³-hybridized carbons (Fsp3) is 0.462. The zero-order valence-electron chi connectivity index (χ0n) is 11.3. The molecule has 1 fully saturated rings. The van der Waals surface area contributed by atoms with Crippen LogP contribution in [0.4, 0.5) is 16.2 Å². The van der Waals surface area contributed by atoms with Crippen molar-refractivity contribution in [2.24, 2.45) is 5.41 Å². The summed E-state index contributed by atoms with van der Waals surface area (Å²) < 4.78 is 0. The van der Waals surface area contributed by atoms with E-state index >= 15 is 0 Å². The van der Waals surface area contributed by atoms with E-state index in [0.29, 0.717) is 12.1 Å². The highest BCUT2D eigenvalue weighted by atomic mass is 16.6. The molecule has 0 saturated heterocycles. The molecule has 2 unspecified atom stereocenters. The number of aliphatic hydroxyl groups excluding tert-OH is 1. The molecular weight excluding hydrogens is 262 g/mol. The molecule has 108 valence electrons. The number of rotatable bonds is 3. The minimum atomic E-state index is -0.498. The van der Waals surface area contributed by atoms with Crippen LogP contribution in [0, 0.1) is 15.5 Å². The maximum atomic E-state index is 11.8. The second kappa shape index (κ2) is 5.09. The molecule has 1 saturated carbocycles. The fourth-order valence-electron chi connectivity index (χ4n) is 2.14. The van der Waals surface area contributed by atoms with Crippen molar-refractivity contribution in [3.63, 3.8) is 0 Å². The maximum absolute atomic E-state index is 11.8. The van der Waals surface area contributed by atoms with Crippen molar-refractivity contribution < 1.29 is 14.8 Å². The van der Waals surface area contributed by atoms with Crippen LogP contribution in [0.25, 0.3) is 0 Å². The van der Waals surface area contributed by atoms with Gasteiger partial charge in [-0.05, 0) is 18.6 Å². The van der Waals surface area contributed by atoms with Crippen molar-refractivity contribution in [3.05, 3.63) is 34.4 Å². The average molecular weight is 279 g/mol. The number of nitrogens with zero attached hydrogens (tertiary/aromatic N) is 1. The van der Waals surface area contributed by atoms with Gasteiger partial charge < -0.3 is 15.7 Å². The lowest BCUT2D eigenvalue weighted by atomic mass is 9.65. The van der Waals surface area contributed by atoms with E-state index in [1.165, 1.54) is 24.3 Å². The SMILES string of the molecule is CC1(C)C(O)CC1NC(=O)Nc1ccc([N+](=O)[O-])cc1. The second-order valence-electron chi connectivity index (χ2n) is 5.53. The lowest BCUT2D eigenvalue weighted by molar-refractivity contribution is -0.384. The highest BCUT2D eigenvalue weighted by Crippen LogP contribution is 2.40. The van der Waals surface area contributed by atoms with Crippen molar-refractivity contribution >= 4 is 17.4 Å². The predicted molar refractivity (Wildman–Crippen MR) is 73.4 cm³/mol. The summed E-state index contributed by atoms with van der Waals surface area (Å²) in [6, 6.07) is 5.12. The van der Waals surface area contributed by atoms with Gasteiger partial charge in [-0.15, -0.1) is 0 Å². The molecule has 0 aliphatic heterocycles. The molecule has 0 aromatic heterocycles. The van der Waals surface area contributed by atoms with E-state index in [-0.39, 0.29) is 23.2 Å². The summed E-state index contributed by atoms with van der Waals surface area (Å²) in [6.45, 7) is 3.77. The number of non-ortho nitro benzene ring substituents is 1. The van der Waals surface area contributed by atoms with Crippen LogP contribution in [0.15, 0.2) is 24.3 Å². The van der Waals surface area contributed by atoms with Crippen LogP contribution in [0.1, 0.15) is 20.3 Å². The standard InChI is InChI=1S/C13H17N3O4/c1-13(2)10(7-11(13)17)15-12(18)14-8-3-5-9(6-4-8)16(19)20/h3-6,10-11,17H,7H2,1-2H3,(H2,14,15,18). The summed E-state index contributed by atoms with van der Waals surface area (Å²) in [5.41, 5.74) is 0.109. The maximum Gasteiger partial charge on any atom is 0.319 e. The van der Waals surface area contributed by atoms with Crippen molar-refractivity contribution in [1.29, 1.82) is 0 Å². The van der Waals surface area contributed by atoms with E-state index in [2.05, 4.69) is 10.6 Å². The monoisotopic (exact) mass is 279 g/mol. The first-order valence-corrected chi connectivity index (χ1v) is 6.30. The number of benzene rings is 1. The molecule has 2 atom stereocenters. The lowest BCUT2D eigenvalue weighted by Gasteiger charge is -2.49. The molecule has 1 aromatic rings. The number of urea groups is 1. The highest BCUT2D eigenvalue weighted by molar-refractivity contribution is 5.89. The van der Waals surface area contributed by atoms with Gasteiger partial charge in [-0.1, -0.05) is 13.8 Å². The molecule has 1 aromatic carbocycles. The van der Waals surface area contributed by atoms with Crippen LogP contribution >= 0.6 is 0 Å². The number of nitro groups is 1. The Kier molecular flexibility index (Phi) is 3.63. The van der Waals surface area contributed by atoms with Crippen molar-refractivity contribution in [2.45, 2.75) is 32.4 Å². The third-order valence-electron chi connectivity index (χ3n) is 3.86. The van der Waals surface area contributed by atoms with Crippen LogP contribution in [0.5, 0.6) is 0 Å². The van der Waals surface area contributed by atoms with E-state index in [0.717, 1.165) is 0 Å². The number of amides is 2. The Balaban J connectivity index is 1.90. The minimum absolute atomic E-state index is 0.0285. The summed E-state index contributed by atoms with van der Waals surface area (Å²) in [4.78, 5) is 21.8. The molecule has 0 heterocycles. The van der Waals surface area contributed by atoms with Crippen molar-refractivity contribution in [3.8, 4) is 0 Å². The smallest absolute Gasteiger partial charge is 0.319 e. The molecule has 2 amide bonds. The van der Waals surface area contributed by atoms with Crippen LogP contribution < -0.4 is 10.6 Å². The lowest BCUT2D eigenvalue weighted by Crippen LogP contribution is -2.61. The molecule has 7 nitrogen and oxygen atoms in total. The zero-order chi connectivity index (χ0) is 14.9. The van der Waals surface area contributed by atoms with E-state index < -0.39 is 11.0 Å². The van der Waals surface area contributed by atoms with Crippen LogP contribution in [-0.2, 0) is 0 Å². The molecule has 7 heteroatoms. The normalized spacial score (nSPS) is 23.6. The highest BCUT2D eigenvalue weighted by Gasteiger charge is 2.47. The van der Waals surface area contributed by atoms with Gasteiger partial charge in [-0.25, -0.2) is 4.79 Å². The molecule has 1 aliphatic carbocycles. The van der Waals surface area contributed by atoms with Crippen LogP contribution in [-0.4, -0.2) is 28.2 Å². The van der Waals surface area contributed by atoms with E-state index in [9.17, 15) is 20.0 Å². The van der Waals surface area contributed by atoms with Crippen molar-refractivity contribution in [1.82, 2.24) is 5.32 Å². The third kappa shape index (κ3) is 2.72. The number of hydrogen-bond acceptors (Lipinski definition) is 4. The Morgan fingerprint density at radius 1 is 1.40 bits per heavy atom. The van der Waals surface area contributed by atoms with E-state index in [1.807, 2.05) is 13.8 Å². The van der Waals surface area contributed by atoms with Gasteiger partial charge in [-0.3, -0.25) is 10.1 Å². The number of aliphatic hydroxyl groups is 1. The number of carbonyl (C=O) groups excluding carboxylic acids is 1. The summed E-state index contributed by atoms with van der Waals surface area (Å²) in [5.74, 6) is 0. The summed E-state index contributed by atoms with van der Waals surface area (Å²) in [5, 5.41) is 25.5. The second-order valence-corrected chi connectivity index (χ2v) is 5.53. The predicted octanol–water partition coefficient (Wildman–Crippen LogP) is 1.88. The Bertz CT molecular complexity index is 527. The fourth-order valence-corrected chi connectivity index (χ4v) is 2.14. The first-order chi connectivity index (χ1) is 9.30. The molecule has 20 heavy (non-hydrogen) atoms. The summed E-state index contributed by atoms with van der Waals surface area (Å²) in [6.07, 6.45) is 0.118. The molecule has 0 spiro atoms. The molecular formula is C13H17N3O4. The van der Waals surface area contributed by atoms with Crippen LogP contribution in [0.3, 0.4) is 0 Å². The molecule has 1 aliphatic rings. The van der Waals surface area contributed by atoms with Crippen LogP contribution in [0.2, 0.25) is 0 Å². The average Bonchev–Trinajstić information content (AvgIpc) is 2.39. The van der Waals surface area contributed by atoms with E-state index in [1.54, 1.807) is 0 Å². The first-order valence-electron chi connectivity index (χ1n) is 6.30. The molecule has 3 N–H and O–H groups in total. The summed E-state index contributed by atoms with van der Waals surface area (Å²) in [7, 11) is 0. The Labute approximate surface area is 116 Å². The van der Waals surface area contributed by atoms with Gasteiger partial charge in [-0.2, -0.15) is 0 Å². The molecule has 0 bridgehead atoms. The number of carbonyl (C=O) groups is 1. The largest absolute Gasteiger partial charge is 0.392 e.